The van der Waals surface area contributed by atoms with Crippen molar-refractivity contribution in [1.82, 2.24) is 4.98 Å². The molecule has 0 saturated heterocycles. The van der Waals surface area contributed by atoms with Gasteiger partial charge in [0.05, 0.1) is 18.6 Å². The molecule has 0 aliphatic heterocycles. The predicted molar refractivity (Wildman–Crippen MR) is 154 cm³/mol. The lowest BCUT2D eigenvalue weighted by atomic mass is 9.63. The molecule has 1 aliphatic carbocycles. The maximum Gasteiger partial charge on any atom is 0.0880 e. The standard InChI is InChI=1S/C33H35NS/c1-31(2,3)25-17-21(16-20-10-8-9-11-22(20)25)29-30-23(12-15-34-29)24-18-26-27(19-28(24)35-30)33(6,7)14-13-32(26,4)5/h8-12,15-19H,13-14H2,1-7H3/i8D,9D,10D,11D,16D,17D. The zero-order valence-corrected chi connectivity index (χ0v) is 22.4. The summed E-state index contributed by atoms with van der Waals surface area (Å²) in [4.78, 5) is 4.75. The van der Waals surface area contributed by atoms with E-state index in [4.69, 9.17) is 10.5 Å². The van der Waals surface area contributed by atoms with Crippen LogP contribution in [0.4, 0.5) is 0 Å². The molecule has 0 amide bonds. The van der Waals surface area contributed by atoms with Crippen LogP contribution in [0.25, 0.3) is 42.2 Å². The number of aromatic nitrogens is 1. The quantitative estimate of drug-likeness (QED) is 0.231. The minimum atomic E-state index is -0.611. The molecule has 2 heterocycles. The van der Waals surface area contributed by atoms with Crippen LogP contribution in [-0.2, 0) is 16.2 Å². The van der Waals surface area contributed by atoms with Gasteiger partial charge in [-0.2, -0.15) is 0 Å². The normalized spacial score (nSPS) is 19.6. The van der Waals surface area contributed by atoms with Crippen LogP contribution in [0, 0.1) is 0 Å². The highest BCUT2D eigenvalue weighted by Gasteiger charge is 2.37. The molecule has 1 aliphatic rings. The van der Waals surface area contributed by atoms with Crippen molar-refractivity contribution in [2.24, 2.45) is 0 Å². The van der Waals surface area contributed by atoms with Gasteiger partial charge < -0.3 is 0 Å². The molecule has 6 rings (SSSR count). The van der Waals surface area contributed by atoms with E-state index in [0.717, 1.165) is 33.0 Å². The van der Waals surface area contributed by atoms with Gasteiger partial charge in [0.15, 0.2) is 0 Å². The molecule has 1 nitrogen and oxygen atoms in total. The molecule has 0 bridgehead atoms. The van der Waals surface area contributed by atoms with Gasteiger partial charge in [-0.25, -0.2) is 0 Å². The van der Waals surface area contributed by atoms with Gasteiger partial charge in [-0.3, -0.25) is 4.98 Å². The topological polar surface area (TPSA) is 12.9 Å². The van der Waals surface area contributed by atoms with Crippen LogP contribution in [0.5, 0.6) is 0 Å². The number of benzene rings is 3. The third kappa shape index (κ3) is 3.52. The van der Waals surface area contributed by atoms with Crippen molar-refractivity contribution >= 4 is 42.3 Å². The number of hydrogen-bond donors (Lipinski definition) is 0. The van der Waals surface area contributed by atoms with Crippen LogP contribution in [0.3, 0.4) is 0 Å². The monoisotopic (exact) mass is 483 g/mol. The number of hydrogen-bond acceptors (Lipinski definition) is 2. The Morgan fingerprint density at radius 2 is 1.57 bits per heavy atom. The summed E-state index contributed by atoms with van der Waals surface area (Å²) >= 11 is 1.63. The maximum absolute atomic E-state index is 9.40. The number of rotatable bonds is 1. The summed E-state index contributed by atoms with van der Waals surface area (Å²) < 4.78 is 54.8. The number of thiophene rings is 1. The van der Waals surface area contributed by atoms with Gasteiger partial charge in [0.2, 0.25) is 0 Å². The Bertz CT molecular complexity index is 1940. The van der Waals surface area contributed by atoms with E-state index < -0.39 is 5.41 Å². The summed E-state index contributed by atoms with van der Waals surface area (Å²) in [5, 5.41) is 2.58. The van der Waals surface area contributed by atoms with Crippen molar-refractivity contribution < 1.29 is 8.22 Å². The smallest absolute Gasteiger partial charge is 0.0880 e. The van der Waals surface area contributed by atoms with E-state index in [1.807, 2.05) is 26.8 Å². The molecule has 0 fully saturated rings. The fourth-order valence-electron chi connectivity index (χ4n) is 5.56. The molecule has 2 aromatic heterocycles. The first-order chi connectivity index (χ1) is 19.0. The second-order valence-electron chi connectivity index (χ2n) is 12.3. The van der Waals surface area contributed by atoms with Crippen LogP contribution in [-0.4, -0.2) is 4.98 Å². The molecule has 0 atom stereocenters. The van der Waals surface area contributed by atoms with Gasteiger partial charge in [-0.15, -0.1) is 11.3 Å². The van der Waals surface area contributed by atoms with E-state index in [-0.39, 0.29) is 57.9 Å². The summed E-state index contributed by atoms with van der Waals surface area (Å²) in [6.45, 7) is 15.1. The highest BCUT2D eigenvalue weighted by Crippen LogP contribution is 2.50. The van der Waals surface area contributed by atoms with Crippen LogP contribution < -0.4 is 0 Å². The Hall–Kier alpha value is -2.71. The van der Waals surface area contributed by atoms with Crippen LogP contribution >= 0.6 is 11.3 Å². The van der Waals surface area contributed by atoms with E-state index in [0.29, 0.717) is 16.8 Å². The molecule has 5 aromatic rings. The Morgan fingerprint density at radius 1 is 0.886 bits per heavy atom. The van der Waals surface area contributed by atoms with E-state index in [1.165, 1.54) is 11.1 Å². The molecule has 0 saturated carbocycles. The lowest BCUT2D eigenvalue weighted by molar-refractivity contribution is 0.332. The second kappa shape index (κ2) is 7.40. The minimum Gasteiger partial charge on any atom is -0.255 e. The number of pyridine rings is 1. The molecule has 3 aromatic carbocycles. The summed E-state index contributed by atoms with van der Waals surface area (Å²) in [5.41, 5.74) is 3.62. The highest BCUT2D eigenvalue weighted by molar-refractivity contribution is 7.26. The first kappa shape index (κ1) is 16.9. The average molecular weight is 484 g/mol. The molecule has 0 N–H and O–H groups in total. The predicted octanol–water partition coefficient (Wildman–Crippen LogP) is 9.92. The average Bonchev–Trinajstić information content (AvgIpc) is 3.26. The minimum absolute atomic E-state index is 0.0645. The third-order valence-corrected chi connectivity index (χ3v) is 8.96. The lowest BCUT2D eigenvalue weighted by Crippen LogP contribution is -2.33. The summed E-state index contributed by atoms with van der Waals surface area (Å²) in [6.07, 6.45) is 3.98. The molecule has 178 valence electrons. The van der Waals surface area contributed by atoms with Crippen molar-refractivity contribution in [2.45, 2.75) is 77.6 Å². The molecule has 0 radical (unpaired) electrons. The first-order valence-electron chi connectivity index (χ1n) is 15.4. The van der Waals surface area contributed by atoms with Crippen molar-refractivity contribution in [3.05, 3.63) is 77.3 Å². The van der Waals surface area contributed by atoms with Gasteiger partial charge in [0.1, 0.15) is 0 Å². The Balaban J connectivity index is 1.76. The third-order valence-electron chi connectivity index (χ3n) is 7.78. The largest absolute Gasteiger partial charge is 0.255 e. The van der Waals surface area contributed by atoms with Crippen molar-refractivity contribution in [3.8, 4) is 11.3 Å². The Labute approximate surface area is 221 Å². The number of nitrogens with zero attached hydrogens (tertiary/aromatic N) is 1. The maximum atomic E-state index is 9.40. The van der Waals surface area contributed by atoms with Crippen molar-refractivity contribution in [2.75, 3.05) is 0 Å². The Kier molecular flexibility index (Phi) is 3.57. The van der Waals surface area contributed by atoms with Crippen LogP contribution in [0.15, 0.2) is 60.7 Å². The SMILES string of the molecule is [2H]c1c([2H])c([2H])c2c(C(C)(C)C)c([2H])c(-c3nccc4c3sc3cc5c(cc34)C(C)(C)CCC5(C)C)c([2H])c2c1[2H]. The molecule has 0 spiro atoms. The van der Waals surface area contributed by atoms with Crippen molar-refractivity contribution in [1.29, 1.82) is 0 Å². The van der Waals surface area contributed by atoms with E-state index in [2.05, 4.69) is 39.8 Å². The van der Waals surface area contributed by atoms with Gasteiger partial charge in [-0.1, -0.05) is 72.6 Å². The zero-order chi connectivity index (χ0) is 30.0. The molecular formula is C33H35NS. The summed E-state index contributed by atoms with van der Waals surface area (Å²) in [7, 11) is 0. The molecule has 0 unspecified atom stereocenters. The van der Waals surface area contributed by atoms with E-state index >= 15 is 0 Å². The van der Waals surface area contributed by atoms with Gasteiger partial charge in [0.25, 0.3) is 0 Å². The first-order valence-corrected chi connectivity index (χ1v) is 13.2. The molecule has 2 heteroatoms. The molecular weight excluding hydrogens is 442 g/mol. The van der Waals surface area contributed by atoms with Gasteiger partial charge in [-0.05, 0) is 86.8 Å². The lowest BCUT2D eigenvalue weighted by Gasteiger charge is -2.41. The Morgan fingerprint density at radius 3 is 2.29 bits per heavy atom. The van der Waals surface area contributed by atoms with Crippen molar-refractivity contribution in [3.63, 3.8) is 0 Å². The van der Waals surface area contributed by atoms with Crippen LogP contribution in [0.2, 0.25) is 0 Å². The van der Waals surface area contributed by atoms with E-state index in [9.17, 15) is 2.74 Å². The summed E-state index contributed by atoms with van der Waals surface area (Å²) in [6, 6.07) is 5.53. The van der Waals surface area contributed by atoms with E-state index in [1.54, 1.807) is 17.5 Å². The fourth-order valence-corrected chi connectivity index (χ4v) is 6.77. The zero-order valence-electron chi connectivity index (χ0n) is 27.6. The highest BCUT2D eigenvalue weighted by atomic mass is 32.1. The fraction of sp³-hybridized carbons (Fsp3) is 0.364. The second-order valence-corrected chi connectivity index (χ2v) is 13.4. The van der Waals surface area contributed by atoms with Gasteiger partial charge in [0, 0.05) is 27.2 Å². The van der Waals surface area contributed by atoms with Gasteiger partial charge >= 0.3 is 0 Å². The molecule has 35 heavy (non-hydrogen) atoms. The number of fused-ring (bicyclic) bond motifs is 5. The summed E-state index contributed by atoms with van der Waals surface area (Å²) in [5.74, 6) is 0. The van der Waals surface area contributed by atoms with Crippen LogP contribution in [0.1, 0.15) is 86.2 Å².